The number of rotatable bonds is 8. The topological polar surface area (TPSA) is 46.2 Å². The molecule has 0 saturated heterocycles. The van der Waals surface area contributed by atoms with Crippen LogP contribution < -0.4 is 4.72 Å². The van der Waals surface area contributed by atoms with Gasteiger partial charge in [0, 0.05) is 0 Å². The lowest BCUT2D eigenvalue weighted by Crippen LogP contribution is -2.32. The van der Waals surface area contributed by atoms with Crippen molar-refractivity contribution in [1.29, 1.82) is 0 Å². The molecular weight excluding hydrogens is 294 g/mol. The van der Waals surface area contributed by atoms with Gasteiger partial charge in [0.15, 0.2) is 0 Å². The summed E-state index contributed by atoms with van der Waals surface area (Å²) < 4.78 is 27.4. The third kappa shape index (κ3) is 5.28. The average Bonchev–Trinajstić information content (AvgIpc) is 2.54. The smallest absolute Gasteiger partial charge is 0.212 e. The minimum Gasteiger partial charge on any atom is -0.212 e. The van der Waals surface area contributed by atoms with E-state index in [-0.39, 0.29) is 11.8 Å². The van der Waals surface area contributed by atoms with Gasteiger partial charge in [-0.2, -0.15) is 0 Å². The van der Waals surface area contributed by atoms with Crippen molar-refractivity contribution in [2.24, 2.45) is 0 Å². The fourth-order valence-electron chi connectivity index (χ4n) is 2.37. The Bertz CT molecular complexity index is 654. The Balaban J connectivity index is 2.19. The summed E-state index contributed by atoms with van der Waals surface area (Å²) in [4.78, 5) is 0. The molecule has 0 aliphatic rings. The number of hydrogen-bond donors (Lipinski definition) is 1. The molecule has 0 amide bonds. The third-order valence-corrected chi connectivity index (χ3v) is 5.04. The molecule has 0 aliphatic carbocycles. The second kappa shape index (κ2) is 8.11. The Morgan fingerprint density at radius 2 is 1.55 bits per heavy atom. The van der Waals surface area contributed by atoms with Gasteiger partial charge < -0.3 is 0 Å². The Hall–Kier alpha value is -1.65. The molecule has 0 aliphatic heterocycles. The summed E-state index contributed by atoms with van der Waals surface area (Å²) in [6, 6.07) is 19.5. The molecule has 1 atom stereocenters. The van der Waals surface area contributed by atoms with Crippen LogP contribution in [0.25, 0.3) is 0 Å². The van der Waals surface area contributed by atoms with Gasteiger partial charge in [0.05, 0.1) is 11.8 Å². The predicted octanol–water partition coefficient (Wildman–Crippen LogP) is 3.69. The Labute approximate surface area is 133 Å². The highest BCUT2D eigenvalue weighted by Gasteiger charge is 2.19. The molecule has 0 saturated carbocycles. The molecular formula is C18H23NO2S. The van der Waals surface area contributed by atoms with Gasteiger partial charge >= 0.3 is 0 Å². The first kappa shape index (κ1) is 16.7. The zero-order valence-electron chi connectivity index (χ0n) is 12.9. The SMILES string of the molecule is CCCCS(=O)(=O)N[C@H](Cc1ccccc1)c1ccccc1. The standard InChI is InChI=1S/C18H23NO2S/c1-2-3-14-22(20,21)19-18(17-12-8-5-9-13-17)15-16-10-6-4-7-11-16/h4-13,18-19H,2-3,14-15H2,1H3/t18-/m1/s1. The van der Waals surface area contributed by atoms with E-state index in [0.717, 1.165) is 17.5 Å². The summed E-state index contributed by atoms with van der Waals surface area (Å²) in [6.45, 7) is 1.99. The number of unbranched alkanes of at least 4 members (excludes halogenated alkanes) is 1. The van der Waals surface area contributed by atoms with Crippen LogP contribution in [0.2, 0.25) is 0 Å². The van der Waals surface area contributed by atoms with Gasteiger partial charge in [-0.15, -0.1) is 0 Å². The maximum atomic E-state index is 12.3. The normalized spacial score (nSPS) is 13.0. The summed E-state index contributed by atoms with van der Waals surface area (Å²) in [5.74, 6) is 0.182. The van der Waals surface area contributed by atoms with Crippen molar-refractivity contribution in [1.82, 2.24) is 4.72 Å². The lowest BCUT2D eigenvalue weighted by atomic mass is 10.00. The quantitative estimate of drug-likeness (QED) is 0.807. The van der Waals surface area contributed by atoms with Gasteiger partial charge in [0.2, 0.25) is 10.0 Å². The van der Waals surface area contributed by atoms with Gasteiger partial charge in [0.25, 0.3) is 0 Å². The van der Waals surface area contributed by atoms with Crippen LogP contribution in [0, 0.1) is 0 Å². The van der Waals surface area contributed by atoms with E-state index in [0.29, 0.717) is 12.8 Å². The minimum atomic E-state index is -3.26. The van der Waals surface area contributed by atoms with Crippen molar-refractivity contribution in [3.63, 3.8) is 0 Å². The fraction of sp³-hybridized carbons (Fsp3) is 0.333. The molecule has 0 heterocycles. The fourth-order valence-corrected chi connectivity index (χ4v) is 3.81. The van der Waals surface area contributed by atoms with Crippen LogP contribution >= 0.6 is 0 Å². The van der Waals surface area contributed by atoms with Crippen molar-refractivity contribution in [3.8, 4) is 0 Å². The van der Waals surface area contributed by atoms with E-state index in [2.05, 4.69) is 4.72 Å². The van der Waals surface area contributed by atoms with Crippen molar-refractivity contribution in [2.75, 3.05) is 5.75 Å². The molecule has 0 radical (unpaired) electrons. The highest BCUT2D eigenvalue weighted by Crippen LogP contribution is 2.19. The van der Waals surface area contributed by atoms with Crippen molar-refractivity contribution < 1.29 is 8.42 Å². The van der Waals surface area contributed by atoms with Gasteiger partial charge in [-0.3, -0.25) is 0 Å². The lowest BCUT2D eigenvalue weighted by Gasteiger charge is -2.19. The van der Waals surface area contributed by atoms with Crippen molar-refractivity contribution in [3.05, 3.63) is 71.8 Å². The van der Waals surface area contributed by atoms with Crippen LogP contribution in [0.3, 0.4) is 0 Å². The summed E-state index contributed by atoms with van der Waals surface area (Å²) in [7, 11) is -3.26. The minimum absolute atomic E-state index is 0.182. The van der Waals surface area contributed by atoms with E-state index < -0.39 is 10.0 Å². The molecule has 1 N–H and O–H groups in total. The highest BCUT2D eigenvalue weighted by atomic mass is 32.2. The summed E-state index contributed by atoms with van der Waals surface area (Å²) in [5, 5.41) is 0. The maximum Gasteiger partial charge on any atom is 0.212 e. The molecule has 2 aromatic rings. The van der Waals surface area contributed by atoms with Crippen LogP contribution in [-0.4, -0.2) is 14.2 Å². The van der Waals surface area contributed by atoms with Crippen molar-refractivity contribution >= 4 is 10.0 Å². The largest absolute Gasteiger partial charge is 0.212 e. The van der Waals surface area contributed by atoms with E-state index in [4.69, 9.17) is 0 Å². The predicted molar refractivity (Wildman–Crippen MR) is 91.2 cm³/mol. The van der Waals surface area contributed by atoms with E-state index in [9.17, 15) is 8.42 Å². The molecule has 118 valence electrons. The zero-order valence-corrected chi connectivity index (χ0v) is 13.7. The van der Waals surface area contributed by atoms with E-state index in [1.807, 2.05) is 67.6 Å². The molecule has 0 unspecified atom stereocenters. The summed E-state index contributed by atoms with van der Waals surface area (Å²) in [5.41, 5.74) is 2.11. The van der Waals surface area contributed by atoms with Gasteiger partial charge in [-0.25, -0.2) is 13.1 Å². The van der Waals surface area contributed by atoms with Crippen LogP contribution in [0.4, 0.5) is 0 Å². The molecule has 3 nitrogen and oxygen atoms in total. The first-order chi connectivity index (χ1) is 10.6. The Kier molecular flexibility index (Phi) is 6.16. The molecule has 0 fully saturated rings. The van der Waals surface area contributed by atoms with E-state index in [1.165, 1.54) is 0 Å². The molecule has 2 aromatic carbocycles. The zero-order chi connectivity index (χ0) is 15.8. The van der Waals surface area contributed by atoms with Gasteiger partial charge in [0.1, 0.15) is 0 Å². The first-order valence-electron chi connectivity index (χ1n) is 7.69. The Morgan fingerprint density at radius 3 is 2.14 bits per heavy atom. The Morgan fingerprint density at radius 1 is 0.955 bits per heavy atom. The van der Waals surface area contributed by atoms with Gasteiger partial charge in [-0.05, 0) is 24.0 Å². The van der Waals surface area contributed by atoms with E-state index >= 15 is 0 Å². The second-order valence-electron chi connectivity index (χ2n) is 5.44. The molecule has 0 bridgehead atoms. The van der Waals surface area contributed by atoms with Crippen molar-refractivity contribution in [2.45, 2.75) is 32.2 Å². The van der Waals surface area contributed by atoms with E-state index in [1.54, 1.807) is 0 Å². The molecule has 0 aromatic heterocycles. The number of nitrogens with one attached hydrogen (secondary N) is 1. The molecule has 2 rings (SSSR count). The molecule has 4 heteroatoms. The van der Waals surface area contributed by atoms with Gasteiger partial charge in [-0.1, -0.05) is 74.0 Å². The summed E-state index contributed by atoms with van der Waals surface area (Å²) >= 11 is 0. The van der Waals surface area contributed by atoms with Crippen LogP contribution in [0.1, 0.15) is 36.9 Å². The first-order valence-corrected chi connectivity index (χ1v) is 9.35. The number of hydrogen-bond acceptors (Lipinski definition) is 2. The number of benzene rings is 2. The van der Waals surface area contributed by atoms with Crippen LogP contribution in [0.5, 0.6) is 0 Å². The monoisotopic (exact) mass is 317 g/mol. The lowest BCUT2D eigenvalue weighted by molar-refractivity contribution is 0.552. The van der Waals surface area contributed by atoms with Crippen LogP contribution in [-0.2, 0) is 16.4 Å². The highest BCUT2D eigenvalue weighted by molar-refractivity contribution is 7.89. The third-order valence-electron chi connectivity index (χ3n) is 3.57. The number of sulfonamides is 1. The summed E-state index contributed by atoms with van der Waals surface area (Å²) in [6.07, 6.45) is 2.20. The maximum absolute atomic E-state index is 12.3. The molecule has 0 spiro atoms. The second-order valence-corrected chi connectivity index (χ2v) is 7.32. The molecule has 22 heavy (non-hydrogen) atoms. The van der Waals surface area contributed by atoms with Crippen LogP contribution in [0.15, 0.2) is 60.7 Å². The average molecular weight is 317 g/mol.